The Morgan fingerprint density at radius 3 is 1.92 bits per heavy atom. The quantitative estimate of drug-likeness (QED) is 0.266. The van der Waals surface area contributed by atoms with Crippen LogP contribution in [0.5, 0.6) is 0 Å². The molecule has 0 saturated heterocycles. The average Bonchev–Trinajstić information content (AvgIpc) is 2.60. The first-order valence-corrected chi connectivity index (χ1v) is 7.11. The van der Waals surface area contributed by atoms with E-state index in [1.54, 1.807) is 0 Å². The van der Waals surface area contributed by atoms with Gasteiger partial charge in [0.1, 0.15) is 12.1 Å². The summed E-state index contributed by atoms with van der Waals surface area (Å²) >= 11 is 0. The molecule has 24 heavy (non-hydrogen) atoms. The Hall–Kier alpha value is -2.65. The molecule has 0 aromatic rings. The van der Waals surface area contributed by atoms with E-state index < -0.39 is 35.9 Å². The van der Waals surface area contributed by atoms with E-state index in [0.29, 0.717) is 6.41 Å². The molecule has 0 aliphatic rings. The Morgan fingerprint density at radius 1 is 0.875 bits per heavy atom. The molecular formula is C14H22N2O8. The molecule has 2 atom stereocenters. The van der Waals surface area contributed by atoms with E-state index >= 15 is 0 Å². The third kappa shape index (κ3) is 8.11. The monoisotopic (exact) mass is 346 g/mol. The summed E-state index contributed by atoms with van der Waals surface area (Å²) in [6.07, 6.45) is 0.105. The van der Waals surface area contributed by atoms with Gasteiger partial charge in [-0.05, 0) is 12.8 Å². The number of amides is 2. The number of nitrogens with one attached hydrogen (secondary N) is 2. The standard InChI is InChI=1S/C14H22N2O8/c1-22-12(19)7-5-10(14(21)24-3)16-11(18)6-4-9(15-8-17)13(20)23-2/h8-10H,4-7H2,1-3H3,(H,15,17)(H,16,18). The minimum atomic E-state index is -1.02. The minimum absolute atomic E-state index is 0.0118. The lowest BCUT2D eigenvalue weighted by atomic mass is 10.1. The van der Waals surface area contributed by atoms with Gasteiger partial charge in [0.05, 0.1) is 21.3 Å². The Labute approximate surface area is 139 Å². The first-order valence-electron chi connectivity index (χ1n) is 7.11. The van der Waals surface area contributed by atoms with Crippen LogP contribution in [0.2, 0.25) is 0 Å². The van der Waals surface area contributed by atoms with Gasteiger partial charge in [0.2, 0.25) is 12.3 Å². The van der Waals surface area contributed by atoms with Gasteiger partial charge in [-0.1, -0.05) is 0 Å². The van der Waals surface area contributed by atoms with Crippen LogP contribution in [0.15, 0.2) is 0 Å². The lowest BCUT2D eigenvalue weighted by Crippen LogP contribution is -2.43. The van der Waals surface area contributed by atoms with Crippen LogP contribution in [-0.4, -0.2) is 63.6 Å². The molecule has 0 spiro atoms. The zero-order valence-electron chi connectivity index (χ0n) is 13.8. The molecule has 0 aromatic heterocycles. The van der Waals surface area contributed by atoms with E-state index in [0.717, 1.165) is 14.2 Å². The van der Waals surface area contributed by atoms with Crippen molar-refractivity contribution < 1.29 is 38.2 Å². The zero-order chi connectivity index (χ0) is 18.5. The molecule has 0 saturated carbocycles. The number of methoxy groups -OCH3 is 3. The summed E-state index contributed by atoms with van der Waals surface area (Å²) < 4.78 is 13.5. The van der Waals surface area contributed by atoms with Crippen molar-refractivity contribution in [1.82, 2.24) is 10.6 Å². The van der Waals surface area contributed by atoms with E-state index in [4.69, 9.17) is 0 Å². The van der Waals surface area contributed by atoms with Crippen molar-refractivity contribution in [3.63, 3.8) is 0 Å². The fourth-order valence-corrected chi connectivity index (χ4v) is 1.79. The number of carbonyl (C=O) groups excluding carboxylic acids is 5. The summed E-state index contributed by atoms with van der Waals surface area (Å²) in [4.78, 5) is 56.5. The average molecular weight is 346 g/mol. The van der Waals surface area contributed by atoms with Crippen molar-refractivity contribution in [2.75, 3.05) is 21.3 Å². The second-order valence-electron chi connectivity index (χ2n) is 4.66. The van der Waals surface area contributed by atoms with Gasteiger partial charge in [0, 0.05) is 12.8 Å². The number of carbonyl (C=O) groups is 5. The van der Waals surface area contributed by atoms with Gasteiger partial charge in [-0.3, -0.25) is 14.4 Å². The summed E-state index contributed by atoms with van der Waals surface area (Å²) in [6.45, 7) is 0. The summed E-state index contributed by atoms with van der Waals surface area (Å²) in [5.74, 6) is -2.47. The Balaban J connectivity index is 4.58. The van der Waals surface area contributed by atoms with Crippen LogP contribution in [-0.2, 0) is 38.2 Å². The summed E-state index contributed by atoms with van der Waals surface area (Å²) in [7, 11) is 3.52. The fraction of sp³-hybridized carbons (Fsp3) is 0.643. The molecule has 0 aliphatic carbocycles. The highest BCUT2D eigenvalue weighted by atomic mass is 16.5. The molecule has 2 unspecified atom stereocenters. The van der Waals surface area contributed by atoms with E-state index in [1.807, 2.05) is 0 Å². The largest absolute Gasteiger partial charge is 0.469 e. The molecule has 0 rings (SSSR count). The Kier molecular flexibility index (Phi) is 10.5. The molecular weight excluding hydrogens is 324 g/mol. The molecule has 2 N–H and O–H groups in total. The molecule has 0 bridgehead atoms. The van der Waals surface area contributed by atoms with Crippen LogP contribution in [0.4, 0.5) is 0 Å². The van der Waals surface area contributed by atoms with Crippen molar-refractivity contribution in [1.29, 1.82) is 0 Å². The SMILES string of the molecule is COC(=O)CCC(NC(=O)CCC(NC=O)C(=O)OC)C(=O)OC. The molecule has 2 amide bonds. The van der Waals surface area contributed by atoms with Crippen molar-refractivity contribution in [2.45, 2.75) is 37.8 Å². The number of esters is 3. The van der Waals surface area contributed by atoms with E-state index in [2.05, 4.69) is 24.8 Å². The number of hydrogen-bond acceptors (Lipinski definition) is 8. The van der Waals surface area contributed by atoms with Crippen molar-refractivity contribution in [2.24, 2.45) is 0 Å². The Morgan fingerprint density at radius 2 is 1.42 bits per heavy atom. The van der Waals surface area contributed by atoms with E-state index in [1.165, 1.54) is 7.11 Å². The van der Waals surface area contributed by atoms with Crippen LogP contribution in [0.1, 0.15) is 25.7 Å². The van der Waals surface area contributed by atoms with Gasteiger partial charge >= 0.3 is 17.9 Å². The highest BCUT2D eigenvalue weighted by Gasteiger charge is 2.24. The maximum Gasteiger partial charge on any atom is 0.328 e. The number of hydrogen-bond donors (Lipinski definition) is 2. The van der Waals surface area contributed by atoms with Crippen LogP contribution in [0, 0.1) is 0 Å². The second kappa shape index (κ2) is 11.9. The van der Waals surface area contributed by atoms with Gasteiger partial charge < -0.3 is 24.8 Å². The molecule has 10 heteroatoms. The minimum Gasteiger partial charge on any atom is -0.469 e. The van der Waals surface area contributed by atoms with Crippen molar-refractivity contribution in [3.8, 4) is 0 Å². The van der Waals surface area contributed by atoms with Gasteiger partial charge in [0.15, 0.2) is 0 Å². The highest BCUT2D eigenvalue weighted by molar-refractivity contribution is 5.85. The highest BCUT2D eigenvalue weighted by Crippen LogP contribution is 2.04. The fourth-order valence-electron chi connectivity index (χ4n) is 1.79. The smallest absolute Gasteiger partial charge is 0.328 e. The molecule has 0 fully saturated rings. The van der Waals surface area contributed by atoms with E-state index in [-0.39, 0.29) is 25.7 Å². The van der Waals surface area contributed by atoms with Gasteiger partial charge in [-0.2, -0.15) is 0 Å². The number of rotatable bonds is 11. The van der Waals surface area contributed by atoms with Crippen LogP contribution in [0.3, 0.4) is 0 Å². The van der Waals surface area contributed by atoms with E-state index in [9.17, 15) is 24.0 Å². The third-order valence-electron chi connectivity index (χ3n) is 3.10. The summed E-state index contributed by atoms with van der Waals surface area (Å²) in [6, 6.07) is -1.98. The maximum absolute atomic E-state index is 11.9. The topological polar surface area (TPSA) is 137 Å². The molecule has 0 aliphatic heterocycles. The third-order valence-corrected chi connectivity index (χ3v) is 3.10. The predicted octanol–water partition coefficient (Wildman–Crippen LogP) is -1.33. The van der Waals surface area contributed by atoms with Gasteiger partial charge in [0.25, 0.3) is 0 Å². The second-order valence-corrected chi connectivity index (χ2v) is 4.66. The summed E-state index contributed by atoms with van der Waals surface area (Å²) in [5.41, 5.74) is 0. The molecule has 0 aromatic carbocycles. The predicted molar refractivity (Wildman–Crippen MR) is 79.4 cm³/mol. The Bertz CT molecular complexity index is 466. The molecule has 0 heterocycles. The molecule has 0 radical (unpaired) electrons. The normalized spacial score (nSPS) is 12.3. The van der Waals surface area contributed by atoms with Gasteiger partial charge in [-0.25, -0.2) is 9.59 Å². The number of ether oxygens (including phenoxy) is 3. The van der Waals surface area contributed by atoms with Crippen molar-refractivity contribution in [3.05, 3.63) is 0 Å². The van der Waals surface area contributed by atoms with Crippen molar-refractivity contribution >= 4 is 30.2 Å². The van der Waals surface area contributed by atoms with Crippen LogP contribution < -0.4 is 10.6 Å². The van der Waals surface area contributed by atoms with Crippen LogP contribution in [0.25, 0.3) is 0 Å². The molecule has 10 nitrogen and oxygen atoms in total. The first kappa shape index (κ1) is 21.4. The first-order chi connectivity index (χ1) is 11.4. The van der Waals surface area contributed by atoms with Gasteiger partial charge in [-0.15, -0.1) is 0 Å². The summed E-state index contributed by atoms with van der Waals surface area (Å²) in [5, 5.41) is 4.65. The molecule has 136 valence electrons. The lowest BCUT2D eigenvalue weighted by Gasteiger charge is -2.17. The maximum atomic E-state index is 11.9. The van der Waals surface area contributed by atoms with Crippen LogP contribution >= 0.6 is 0 Å². The zero-order valence-corrected chi connectivity index (χ0v) is 13.8. The lowest BCUT2D eigenvalue weighted by molar-refractivity contribution is -0.147.